The summed E-state index contributed by atoms with van der Waals surface area (Å²) >= 11 is 12.3. The number of hydrogen-bond acceptors (Lipinski definition) is 3. The van der Waals surface area contributed by atoms with Crippen molar-refractivity contribution in [2.75, 3.05) is 11.6 Å². The van der Waals surface area contributed by atoms with E-state index in [2.05, 4.69) is 35.9 Å². The van der Waals surface area contributed by atoms with Gasteiger partial charge in [-0.3, -0.25) is 4.99 Å². The minimum atomic E-state index is 0.540. The second-order valence-electron chi connectivity index (χ2n) is 5.88. The molecular formula is C19H19Cl2N3. The summed E-state index contributed by atoms with van der Waals surface area (Å²) in [4.78, 5) is 6.80. The van der Waals surface area contributed by atoms with Crippen molar-refractivity contribution in [2.24, 2.45) is 10.7 Å². The van der Waals surface area contributed by atoms with E-state index in [1.54, 1.807) is 12.1 Å². The van der Waals surface area contributed by atoms with Crippen LogP contribution in [0.4, 0.5) is 5.69 Å². The summed E-state index contributed by atoms with van der Waals surface area (Å²) in [6, 6.07) is 9.67. The molecule has 1 aliphatic rings. The average molecular weight is 360 g/mol. The second kappa shape index (κ2) is 6.98. The Morgan fingerprint density at radius 3 is 2.42 bits per heavy atom. The molecule has 2 aromatic carbocycles. The normalized spacial score (nSPS) is 14.0. The van der Waals surface area contributed by atoms with Gasteiger partial charge in [0.05, 0.1) is 10.7 Å². The summed E-state index contributed by atoms with van der Waals surface area (Å²) in [5.74, 6) is 0. The molecule has 5 heteroatoms. The first kappa shape index (κ1) is 17.0. The number of aliphatic imine (C=N–C) groups is 1. The van der Waals surface area contributed by atoms with Crippen molar-refractivity contribution in [3.63, 3.8) is 0 Å². The lowest BCUT2D eigenvalue weighted by Crippen LogP contribution is -2.23. The number of nitrogens with two attached hydrogens (primary N) is 1. The van der Waals surface area contributed by atoms with E-state index in [0.29, 0.717) is 23.3 Å². The van der Waals surface area contributed by atoms with E-state index >= 15 is 0 Å². The molecule has 0 radical (unpaired) electrons. The molecule has 0 unspecified atom stereocenters. The van der Waals surface area contributed by atoms with Crippen LogP contribution in [-0.2, 0) is 6.54 Å². The number of hydrogen-bond donors (Lipinski definition) is 1. The predicted molar refractivity (Wildman–Crippen MR) is 103 cm³/mol. The van der Waals surface area contributed by atoms with Crippen LogP contribution in [0.3, 0.4) is 0 Å². The molecule has 0 spiro atoms. The molecule has 3 nitrogen and oxygen atoms in total. The van der Waals surface area contributed by atoms with Crippen LogP contribution in [0.1, 0.15) is 22.3 Å². The second-order valence-corrected chi connectivity index (χ2v) is 6.72. The molecule has 1 heterocycles. The van der Waals surface area contributed by atoms with E-state index in [4.69, 9.17) is 28.9 Å². The molecule has 0 saturated heterocycles. The molecule has 0 bridgehead atoms. The fourth-order valence-corrected chi connectivity index (χ4v) is 3.43. The first-order valence-electron chi connectivity index (χ1n) is 7.74. The lowest BCUT2D eigenvalue weighted by atomic mass is 10.0. The number of halogens is 2. The highest BCUT2D eigenvalue weighted by Crippen LogP contribution is 2.29. The van der Waals surface area contributed by atoms with Gasteiger partial charge >= 0.3 is 0 Å². The standard InChI is InChI=1S/C19H19Cl2N3/c1-12-7-14(10-22)8-13(2)19(12)24-6-5-18(23-11-24)16-9-15(20)3-4-17(16)21/h3-9H,10-11,22H2,1-2H3. The Morgan fingerprint density at radius 2 is 1.83 bits per heavy atom. The third-order valence-corrected chi connectivity index (χ3v) is 4.65. The van der Waals surface area contributed by atoms with E-state index in [9.17, 15) is 0 Å². The van der Waals surface area contributed by atoms with Gasteiger partial charge in [0.1, 0.15) is 6.67 Å². The van der Waals surface area contributed by atoms with Gasteiger partial charge in [0.25, 0.3) is 0 Å². The number of aryl methyl sites for hydroxylation is 2. The van der Waals surface area contributed by atoms with Gasteiger partial charge in [-0.2, -0.15) is 0 Å². The van der Waals surface area contributed by atoms with Crippen molar-refractivity contribution < 1.29 is 0 Å². The third kappa shape index (κ3) is 3.34. The largest absolute Gasteiger partial charge is 0.327 e. The van der Waals surface area contributed by atoms with Crippen LogP contribution in [0, 0.1) is 13.8 Å². The summed E-state index contributed by atoms with van der Waals surface area (Å²) in [6.45, 7) is 5.29. The Morgan fingerprint density at radius 1 is 1.12 bits per heavy atom. The fourth-order valence-electron chi connectivity index (χ4n) is 3.04. The fraction of sp³-hybridized carbons (Fsp3) is 0.211. The number of benzene rings is 2. The number of rotatable bonds is 3. The maximum atomic E-state index is 6.27. The summed E-state index contributed by atoms with van der Waals surface area (Å²) in [5.41, 5.74) is 12.1. The molecule has 0 amide bonds. The quantitative estimate of drug-likeness (QED) is 0.850. The van der Waals surface area contributed by atoms with E-state index < -0.39 is 0 Å². The van der Waals surface area contributed by atoms with Crippen molar-refractivity contribution in [3.8, 4) is 0 Å². The van der Waals surface area contributed by atoms with Gasteiger partial charge in [0, 0.05) is 29.0 Å². The smallest absolute Gasteiger partial charge is 0.115 e. The first-order valence-corrected chi connectivity index (χ1v) is 8.50. The summed E-state index contributed by atoms with van der Waals surface area (Å²) in [7, 11) is 0. The summed E-state index contributed by atoms with van der Waals surface area (Å²) in [6.07, 6.45) is 4.01. The van der Waals surface area contributed by atoms with Gasteiger partial charge in [-0.15, -0.1) is 0 Å². The highest BCUT2D eigenvalue weighted by atomic mass is 35.5. The summed E-state index contributed by atoms with van der Waals surface area (Å²) in [5, 5.41) is 1.30. The van der Waals surface area contributed by atoms with Crippen LogP contribution in [0.2, 0.25) is 10.0 Å². The lowest BCUT2D eigenvalue weighted by Gasteiger charge is -2.26. The van der Waals surface area contributed by atoms with Crippen molar-refractivity contribution >= 4 is 34.6 Å². The molecule has 2 aromatic rings. The molecule has 0 atom stereocenters. The van der Waals surface area contributed by atoms with Crippen molar-refractivity contribution in [2.45, 2.75) is 20.4 Å². The maximum Gasteiger partial charge on any atom is 0.115 e. The van der Waals surface area contributed by atoms with Crippen LogP contribution in [0.15, 0.2) is 47.6 Å². The zero-order valence-electron chi connectivity index (χ0n) is 13.7. The zero-order chi connectivity index (χ0) is 17.3. The SMILES string of the molecule is Cc1cc(CN)cc(C)c1N1C=CC(c2cc(Cl)ccc2Cl)=NC1. The highest BCUT2D eigenvalue weighted by Gasteiger charge is 2.15. The molecule has 0 aromatic heterocycles. The molecule has 124 valence electrons. The van der Waals surface area contributed by atoms with Crippen molar-refractivity contribution in [1.29, 1.82) is 0 Å². The lowest BCUT2D eigenvalue weighted by molar-refractivity contribution is 0.946. The van der Waals surface area contributed by atoms with Crippen molar-refractivity contribution in [1.82, 2.24) is 0 Å². The Bertz CT molecular complexity index is 817. The van der Waals surface area contributed by atoms with Crippen LogP contribution < -0.4 is 10.6 Å². The number of allylic oxidation sites excluding steroid dienone is 1. The summed E-state index contributed by atoms with van der Waals surface area (Å²) < 4.78 is 0. The van der Waals surface area contributed by atoms with Gasteiger partial charge in [0.2, 0.25) is 0 Å². The molecule has 1 aliphatic heterocycles. The van der Waals surface area contributed by atoms with Crippen LogP contribution in [0.5, 0.6) is 0 Å². The van der Waals surface area contributed by atoms with Gasteiger partial charge in [-0.05, 0) is 54.8 Å². The molecule has 0 fully saturated rings. The van der Waals surface area contributed by atoms with Crippen LogP contribution in [-0.4, -0.2) is 12.4 Å². The molecule has 24 heavy (non-hydrogen) atoms. The Hall–Kier alpha value is -1.81. The Kier molecular flexibility index (Phi) is 4.95. The molecule has 0 saturated carbocycles. The minimum Gasteiger partial charge on any atom is -0.327 e. The zero-order valence-corrected chi connectivity index (χ0v) is 15.2. The van der Waals surface area contributed by atoms with Crippen LogP contribution in [0.25, 0.3) is 0 Å². The molecule has 3 rings (SSSR count). The van der Waals surface area contributed by atoms with E-state index in [1.165, 1.54) is 16.8 Å². The predicted octanol–water partition coefficient (Wildman–Crippen LogP) is 4.85. The monoisotopic (exact) mass is 359 g/mol. The van der Waals surface area contributed by atoms with Crippen molar-refractivity contribution in [3.05, 3.63) is 74.9 Å². The van der Waals surface area contributed by atoms with E-state index in [-0.39, 0.29) is 0 Å². The van der Waals surface area contributed by atoms with Crippen LogP contribution >= 0.6 is 23.2 Å². The third-order valence-electron chi connectivity index (χ3n) is 4.08. The minimum absolute atomic E-state index is 0.540. The topological polar surface area (TPSA) is 41.6 Å². The number of anilines is 1. The van der Waals surface area contributed by atoms with E-state index in [0.717, 1.165) is 16.8 Å². The van der Waals surface area contributed by atoms with Gasteiger partial charge in [-0.25, -0.2) is 0 Å². The first-order chi connectivity index (χ1) is 11.5. The number of nitrogens with zero attached hydrogens (tertiary/aromatic N) is 2. The molecule has 2 N–H and O–H groups in total. The van der Waals surface area contributed by atoms with E-state index in [1.807, 2.05) is 18.3 Å². The Labute approximate surface area is 152 Å². The van der Waals surface area contributed by atoms with Gasteiger partial charge < -0.3 is 10.6 Å². The molecule has 0 aliphatic carbocycles. The average Bonchev–Trinajstić information content (AvgIpc) is 2.57. The van der Waals surface area contributed by atoms with Gasteiger partial charge in [-0.1, -0.05) is 35.3 Å². The Balaban J connectivity index is 1.89. The molecular weight excluding hydrogens is 341 g/mol. The maximum absolute atomic E-state index is 6.27. The highest BCUT2D eigenvalue weighted by molar-refractivity contribution is 6.36. The van der Waals surface area contributed by atoms with Gasteiger partial charge in [0.15, 0.2) is 0 Å².